The van der Waals surface area contributed by atoms with Crippen LogP contribution in [-0.4, -0.2) is 68.8 Å². The van der Waals surface area contributed by atoms with E-state index in [2.05, 4.69) is 5.32 Å². The first kappa shape index (κ1) is 20.2. The highest BCUT2D eigenvalue weighted by molar-refractivity contribution is 7.89. The number of anilines is 1. The Balaban J connectivity index is 1.37. The Morgan fingerprint density at radius 1 is 1.07 bits per heavy atom. The Morgan fingerprint density at radius 2 is 1.80 bits per heavy atom. The summed E-state index contributed by atoms with van der Waals surface area (Å²) in [6.45, 7) is 0.727. The molecule has 0 radical (unpaired) electrons. The molecule has 1 saturated heterocycles. The van der Waals surface area contributed by atoms with Crippen molar-refractivity contribution in [2.75, 3.05) is 44.7 Å². The molecule has 2 aliphatic rings. The summed E-state index contributed by atoms with van der Waals surface area (Å²) in [7, 11) is -3.76. The van der Waals surface area contributed by atoms with Gasteiger partial charge in [-0.3, -0.25) is 9.59 Å². The molecule has 0 aromatic heterocycles. The maximum absolute atomic E-state index is 13.0. The van der Waals surface area contributed by atoms with Crippen LogP contribution in [-0.2, 0) is 19.6 Å². The summed E-state index contributed by atoms with van der Waals surface area (Å²) < 4.78 is 38.1. The van der Waals surface area contributed by atoms with Crippen LogP contribution in [0.2, 0.25) is 0 Å². The standard InChI is InChI=1S/C20H21N3O6S/c24-19-13-29-18-7-6-16(12-17(18)21-19)30(26,27)23-10-8-22(9-11-23)20(25)14-28-15-4-2-1-3-5-15/h1-7,12H,8-11,13-14H2,(H,21,24). The second-order valence-electron chi connectivity index (χ2n) is 6.88. The van der Waals surface area contributed by atoms with E-state index in [0.29, 0.717) is 17.2 Å². The first-order valence-electron chi connectivity index (χ1n) is 9.46. The third-order valence-electron chi connectivity index (χ3n) is 4.92. The van der Waals surface area contributed by atoms with Gasteiger partial charge in [0.05, 0.1) is 10.6 Å². The largest absolute Gasteiger partial charge is 0.484 e. The van der Waals surface area contributed by atoms with E-state index in [1.54, 1.807) is 17.0 Å². The van der Waals surface area contributed by atoms with Gasteiger partial charge in [0, 0.05) is 26.2 Å². The molecule has 0 saturated carbocycles. The quantitative estimate of drug-likeness (QED) is 0.755. The minimum Gasteiger partial charge on any atom is -0.484 e. The van der Waals surface area contributed by atoms with Crippen molar-refractivity contribution in [1.82, 2.24) is 9.21 Å². The van der Waals surface area contributed by atoms with Gasteiger partial charge in [-0.25, -0.2) is 8.42 Å². The Morgan fingerprint density at radius 3 is 2.53 bits per heavy atom. The van der Waals surface area contributed by atoms with Crippen molar-refractivity contribution in [2.45, 2.75) is 4.90 Å². The van der Waals surface area contributed by atoms with Gasteiger partial charge in [0.1, 0.15) is 11.5 Å². The second kappa shape index (κ2) is 8.33. The van der Waals surface area contributed by atoms with Gasteiger partial charge in [0.2, 0.25) is 10.0 Å². The van der Waals surface area contributed by atoms with Gasteiger partial charge in [0.15, 0.2) is 13.2 Å². The van der Waals surface area contributed by atoms with Gasteiger partial charge in [-0.1, -0.05) is 18.2 Å². The molecule has 2 amide bonds. The summed E-state index contributed by atoms with van der Waals surface area (Å²) in [5.41, 5.74) is 0.333. The van der Waals surface area contributed by atoms with Crippen molar-refractivity contribution in [3.8, 4) is 11.5 Å². The average molecular weight is 431 g/mol. The SMILES string of the molecule is O=C1COc2ccc(S(=O)(=O)N3CCN(C(=O)COc4ccccc4)CC3)cc2N1. The van der Waals surface area contributed by atoms with Gasteiger partial charge in [-0.05, 0) is 30.3 Å². The summed E-state index contributed by atoms with van der Waals surface area (Å²) >= 11 is 0. The highest BCUT2D eigenvalue weighted by atomic mass is 32.2. The number of nitrogens with zero attached hydrogens (tertiary/aromatic N) is 2. The number of fused-ring (bicyclic) bond motifs is 1. The van der Waals surface area contributed by atoms with Crippen molar-refractivity contribution >= 4 is 27.5 Å². The number of sulfonamides is 1. The molecule has 0 atom stereocenters. The molecule has 1 fully saturated rings. The number of para-hydroxylation sites is 1. The smallest absolute Gasteiger partial charge is 0.262 e. The van der Waals surface area contributed by atoms with Gasteiger partial charge >= 0.3 is 0 Å². The van der Waals surface area contributed by atoms with Crippen LogP contribution in [0, 0.1) is 0 Å². The van der Waals surface area contributed by atoms with Crippen molar-refractivity contribution < 1.29 is 27.5 Å². The van der Waals surface area contributed by atoms with Gasteiger partial charge < -0.3 is 19.7 Å². The highest BCUT2D eigenvalue weighted by Crippen LogP contribution is 2.31. The predicted octanol–water partition coefficient (Wildman–Crippen LogP) is 0.929. The lowest BCUT2D eigenvalue weighted by Gasteiger charge is -2.34. The maximum atomic E-state index is 13.0. The number of carbonyl (C=O) groups is 2. The molecule has 4 rings (SSSR count). The molecule has 2 heterocycles. The number of hydrogen-bond donors (Lipinski definition) is 1. The van der Waals surface area contributed by atoms with Crippen molar-refractivity contribution in [3.63, 3.8) is 0 Å². The van der Waals surface area contributed by atoms with E-state index < -0.39 is 10.0 Å². The molecule has 0 spiro atoms. The zero-order valence-corrected chi connectivity index (χ0v) is 16.9. The summed E-state index contributed by atoms with van der Waals surface area (Å²) in [4.78, 5) is 25.5. The number of carbonyl (C=O) groups excluding carboxylic acids is 2. The molecule has 0 aliphatic carbocycles. The van der Waals surface area contributed by atoms with Crippen LogP contribution in [0.5, 0.6) is 11.5 Å². The minimum atomic E-state index is -3.76. The van der Waals surface area contributed by atoms with E-state index in [-0.39, 0.29) is 56.1 Å². The number of nitrogens with one attached hydrogen (secondary N) is 1. The van der Waals surface area contributed by atoms with Crippen LogP contribution in [0.25, 0.3) is 0 Å². The molecule has 158 valence electrons. The molecule has 9 nitrogen and oxygen atoms in total. The summed E-state index contributed by atoms with van der Waals surface area (Å²) in [5, 5.41) is 2.61. The molecule has 2 aliphatic heterocycles. The third kappa shape index (κ3) is 4.24. The van der Waals surface area contributed by atoms with E-state index in [0.717, 1.165) is 0 Å². The molecule has 1 N–H and O–H groups in total. The van der Waals surface area contributed by atoms with Gasteiger partial charge in [0.25, 0.3) is 11.8 Å². The third-order valence-corrected chi connectivity index (χ3v) is 6.81. The Bertz CT molecular complexity index is 1050. The van der Waals surface area contributed by atoms with E-state index >= 15 is 0 Å². The summed E-state index contributed by atoms with van der Waals surface area (Å²) in [5.74, 6) is 0.518. The zero-order valence-electron chi connectivity index (χ0n) is 16.1. The zero-order chi connectivity index (χ0) is 21.1. The van der Waals surface area contributed by atoms with Crippen LogP contribution in [0.3, 0.4) is 0 Å². The van der Waals surface area contributed by atoms with E-state index in [1.165, 1.54) is 22.5 Å². The minimum absolute atomic E-state index is 0.0687. The molecule has 0 bridgehead atoms. The van der Waals surface area contributed by atoms with Crippen molar-refractivity contribution in [1.29, 1.82) is 0 Å². The number of hydrogen-bond acceptors (Lipinski definition) is 6. The lowest BCUT2D eigenvalue weighted by atomic mass is 10.2. The average Bonchev–Trinajstić information content (AvgIpc) is 2.77. The number of benzene rings is 2. The van der Waals surface area contributed by atoms with Crippen LogP contribution >= 0.6 is 0 Å². The fraction of sp³-hybridized carbons (Fsp3) is 0.300. The lowest BCUT2D eigenvalue weighted by molar-refractivity contribution is -0.134. The topological polar surface area (TPSA) is 105 Å². The van der Waals surface area contributed by atoms with Crippen molar-refractivity contribution in [2.24, 2.45) is 0 Å². The Kier molecular flexibility index (Phi) is 5.60. The normalized spacial score (nSPS) is 16.9. The number of rotatable bonds is 5. The fourth-order valence-electron chi connectivity index (χ4n) is 3.30. The lowest BCUT2D eigenvalue weighted by Crippen LogP contribution is -2.51. The molecular weight excluding hydrogens is 410 g/mol. The molecule has 0 unspecified atom stereocenters. The monoisotopic (exact) mass is 431 g/mol. The molecule has 10 heteroatoms. The maximum Gasteiger partial charge on any atom is 0.262 e. The van der Waals surface area contributed by atoms with E-state index in [4.69, 9.17) is 9.47 Å². The summed E-state index contributed by atoms with van der Waals surface area (Å²) in [6.07, 6.45) is 0. The number of ether oxygens (including phenoxy) is 2. The molecule has 2 aromatic rings. The van der Waals surface area contributed by atoms with Gasteiger partial charge in [-0.15, -0.1) is 0 Å². The molecule has 2 aromatic carbocycles. The second-order valence-corrected chi connectivity index (χ2v) is 8.82. The van der Waals surface area contributed by atoms with Crippen LogP contribution in [0.15, 0.2) is 53.4 Å². The molecular formula is C20H21N3O6S. The van der Waals surface area contributed by atoms with Crippen LogP contribution in [0.4, 0.5) is 5.69 Å². The summed E-state index contributed by atoms with van der Waals surface area (Å²) in [6, 6.07) is 13.4. The first-order valence-corrected chi connectivity index (χ1v) is 10.9. The highest BCUT2D eigenvalue weighted by Gasteiger charge is 2.31. The van der Waals surface area contributed by atoms with E-state index in [1.807, 2.05) is 18.2 Å². The van der Waals surface area contributed by atoms with Gasteiger partial charge in [-0.2, -0.15) is 4.31 Å². The Hall–Kier alpha value is -3.11. The number of amides is 2. The van der Waals surface area contributed by atoms with Crippen molar-refractivity contribution in [3.05, 3.63) is 48.5 Å². The Labute approximate surface area is 174 Å². The van der Waals surface area contributed by atoms with Crippen LogP contribution < -0.4 is 14.8 Å². The predicted molar refractivity (Wildman–Crippen MR) is 108 cm³/mol. The molecule has 30 heavy (non-hydrogen) atoms. The van der Waals surface area contributed by atoms with E-state index in [9.17, 15) is 18.0 Å². The number of piperazine rings is 1. The first-order chi connectivity index (χ1) is 14.4. The van der Waals surface area contributed by atoms with Crippen LogP contribution in [0.1, 0.15) is 0 Å². The fourth-order valence-corrected chi connectivity index (χ4v) is 4.75.